The van der Waals surface area contributed by atoms with Crippen molar-refractivity contribution >= 4 is 33.4 Å². The molecule has 14 heteroatoms. The lowest BCUT2D eigenvalue weighted by Gasteiger charge is -2.34. The monoisotopic (exact) mass is 493 g/mol. The summed E-state index contributed by atoms with van der Waals surface area (Å²) in [4.78, 5) is 14.3. The van der Waals surface area contributed by atoms with E-state index >= 15 is 4.39 Å². The highest BCUT2D eigenvalue weighted by Crippen LogP contribution is 2.29. The predicted molar refractivity (Wildman–Crippen MR) is 123 cm³/mol. The number of nitrogens with zero attached hydrogens (tertiary/aromatic N) is 6. The van der Waals surface area contributed by atoms with Crippen LogP contribution in [0.4, 0.5) is 32.2 Å². The Bertz CT molecular complexity index is 1260. The van der Waals surface area contributed by atoms with E-state index < -0.39 is 27.7 Å². The van der Waals surface area contributed by atoms with Crippen LogP contribution in [0, 0.1) is 18.6 Å². The van der Waals surface area contributed by atoms with Crippen LogP contribution in [0.5, 0.6) is 0 Å². The highest BCUT2D eigenvalue weighted by Gasteiger charge is 2.28. The second-order valence-corrected chi connectivity index (χ2v) is 9.99. The van der Waals surface area contributed by atoms with Crippen LogP contribution >= 0.6 is 0 Å². The summed E-state index contributed by atoms with van der Waals surface area (Å²) in [5.41, 5.74) is 1.32. The highest BCUT2D eigenvalue weighted by molar-refractivity contribution is 7.88. The summed E-state index contributed by atoms with van der Waals surface area (Å²) in [5.74, 6) is -0.652. The molecule has 3 aromatic rings. The van der Waals surface area contributed by atoms with Crippen molar-refractivity contribution in [3.8, 4) is 0 Å². The Morgan fingerprint density at radius 3 is 2.47 bits per heavy atom. The SMILES string of the molecule is Cc1cc(Nc2nc(N[C@@H](C)c3ccc(F)cn3)c(F)c(N3CCN(S(C)(=O)=O)CC3)n2)n[nH]1. The van der Waals surface area contributed by atoms with Crippen LogP contribution in [0.25, 0.3) is 0 Å². The van der Waals surface area contributed by atoms with Crippen molar-refractivity contribution in [3.63, 3.8) is 0 Å². The maximum Gasteiger partial charge on any atom is 0.232 e. The average molecular weight is 494 g/mol. The van der Waals surface area contributed by atoms with Gasteiger partial charge in [0.1, 0.15) is 5.82 Å². The molecule has 1 aliphatic rings. The first-order valence-electron chi connectivity index (χ1n) is 10.5. The van der Waals surface area contributed by atoms with Crippen LogP contribution < -0.4 is 15.5 Å². The van der Waals surface area contributed by atoms with Gasteiger partial charge in [0, 0.05) is 37.9 Å². The Morgan fingerprint density at radius 1 is 1.15 bits per heavy atom. The van der Waals surface area contributed by atoms with Gasteiger partial charge in [0.15, 0.2) is 17.5 Å². The molecule has 1 aliphatic heterocycles. The molecular formula is C20H25F2N9O2S. The highest BCUT2D eigenvalue weighted by atomic mass is 32.2. The standard InChI is InChI=1S/C20H25F2N9O2S/c1-12-10-16(29-28-12)25-20-26-18(24-13(2)15-5-4-14(21)11-23-15)17(22)19(27-20)30-6-8-31(9-7-30)34(3,32)33/h4-5,10-11,13H,6-9H2,1-3H3,(H3,24,25,26,27,28,29)/t13-/m0/s1. The van der Waals surface area contributed by atoms with E-state index in [4.69, 9.17) is 0 Å². The quantitative estimate of drug-likeness (QED) is 0.453. The number of halogens is 2. The van der Waals surface area contributed by atoms with E-state index in [0.29, 0.717) is 11.5 Å². The molecule has 11 nitrogen and oxygen atoms in total. The Balaban J connectivity index is 1.64. The van der Waals surface area contributed by atoms with Crippen molar-refractivity contribution in [3.05, 3.63) is 47.4 Å². The van der Waals surface area contributed by atoms with E-state index in [-0.39, 0.29) is 43.8 Å². The zero-order chi connectivity index (χ0) is 24.5. The number of aromatic amines is 1. The van der Waals surface area contributed by atoms with Gasteiger partial charge >= 0.3 is 0 Å². The number of sulfonamides is 1. The summed E-state index contributed by atoms with van der Waals surface area (Å²) >= 11 is 0. The van der Waals surface area contributed by atoms with E-state index in [0.717, 1.165) is 18.1 Å². The minimum Gasteiger partial charge on any atom is -0.359 e. The molecule has 182 valence electrons. The van der Waals surface area contributed by atoms with Gasteiger partial charge in [0.2, 0.25) is 21.8 Å². The minimum atomic E-state index is -3.34. The molecule has 0 spiro atoms. The molecule has 0 saturated carbocycles. The van der Waals surface area contributed by atoms with E-state index in [2.05, 4.69) is 35.8 Å². The summed E-state index contributed by atoms with van der Waals surface area (Å²) in [6, 6.07) is 4.04. The van der Waals surface area contributed by atoms with Crippen LogP contribution in [0.15, 0.2) is 24.4 Å². The molecule has 1 saturated heterocycles. The summed E-state index contributed by atoms with van der Waals surface area (Å²) in [6.45, 7) is 4.52. The van der Waals surface area contributed by atoms with E-state index in [1.807, 2.05) is 6.92 Å². The molecule has 3 aromatic heterocycles. The predicted octanol–water partition coefficient (Wildman–Crippen LogP) is 2.18. The van der Waals surface area contributed by atoms with Crippen LogP contribution in [0.1, 0.15) is 24.4 Å². The zero-order valence-electron chi connectivity index (χ0n) is 18.9. The Kier molecular flexibility index (Phi) is 6.61. The fourth-order valence-corrected chi connectivity index (χ4v) is 4.37. The number of pyridine rings is 1. The zero-order valence-corrected chi connectivity index (χ0v) is 19.7. The van der Waals surface area contributed by atoms with E-state index in [1.165, 1.54) is 16.4 Å². The van der Waals surface area contributed by atoms with Gasteiger partial charge in [-0.15, -0.1) is 0 Å². The number of piperazine rings is 1. The second-order valence-electron chi connectivity index (χ2n) is 8.01. The lowest BCUT2D eigenvalue weighted by molar-refractivity contribution is 0.385. The third-order valence-electron chi connectivity index (χ3n) is 5.33. The van der Waals surface area contributed by atoms with Gasteiger partial charge in [0.25, 0.3) is 0 Å². The molecule has 0 aliphatic carbocycles. The topological polar surface area (TPSA) is 132 Å². The lowest BCUT2D eigenvalue weighted by atomic mass is 10.2. The number of hydrogen-bond donors (Lipinski definition) is 3. The molecule has 0 bridgehead atoms. The molecule has 0 radical (unpaired) electrons. The van der Waals surface area contributed by atoms with Gasteiger partial charge in [-0.05, 0) is 26.0 Å². The molecule has 1 fully saturated rings. The van der Waals surface area contributed by atoms with Crippen LogP contribution in [-0.2, 0) is 10.0 Å². The van der Waals surface area contributed by atoms with Crippen molar-refractivity contribution in [1.29, 1.82) is 0 Å². The van der Waals surface area contributed by atoms with Crippen LogP contribution in [-0.4, -0.2) is 70.3 Å². The van der Waals surface area contributed by atoms with Gasteiger partial charge in [-0.25, -0.2) is 12.8 Å². The Labute approximate surface area is 195 Å². The molecule has 0 unspecified atom stereocenters. The second kappa shape index (κ2) is 9.46. The minimum absolute atomic E-state index is 0.0275. The number of aromatic nitrogens is 5. The first kappa shape index (κ1) is 23.8. The smallest absolute Gasteiger partial charge is 0.232 e. The molecule has 4 rings (SSSR count). The van der Waals surface area contributed by atoms with Gasteiger partial charge in [-0.1, -0.05) is 0 Å². The summed E-state index contributed by atoms with van der Waals surface area (Å²) < 4.78 is 53.8. The number of aryl methyl sites for hydroxylation is 1. The van der Waals surface area contributed by atoms with Crippen molar-refractivity contribution < 1.29 is 17.2 Å². The average Bonchev–Trinajstić information content (AvgIpc) is 3.20. The lowest BCUT2D eigenvalue weighted by Crippen LogP contribution is -2.49. The third-order valence-corrected chi connectivity index (χ3v) is 6.64. The normalized spacial score (nSPS) is 15.9. The van der Waals surface area contributed by atoms with Gasteiger partial charge < -0.3 is 15.5 Å². The molecule has 3 N–H and O–H groups in total. The van der Waals surface area contributed by atoms with E-state index in [1.54, 1.807) is 17.9 Å². The maximum absolute atomic E-state index is 15.6. The largest absolute Gasteiger partial charge is 0.359 e. The fourth-order valence-electron chi connectivity index (χ4n) is 3.55. The molecule has 0 aromatic carbocycles. The molecule has 34 heavy (non-hydrogen) atoms. The molecule has 4 heterocycles. The number of H-pyrrole nitrogens is 1. The van der Waals surface area contributed by atoms with Crippen molar-refractivity contribution in [2.24, 2.45) is 0 Å². The van der Waals surface area contributed by atoms with E-state index in [9.17, 15) is 12.8 Å². The fraction of sp³-hybridized carbons (Fsp3) is 0.400. The molecule has 0 amide bonds. The van der Waals surface area contributed by atoms with Crippen LogP contribution in [0.2, 0.25) is 0 Å². The summed E-state index contributed by atoms with van der Waals surface area (Å²) in [7, 11) is -3.34. The van der Waals surface area contributed by atoms with Gasteiger partial charge in [-0.3, -0.25) is 10.1 Å². The van der Waals surface area contributed by atoms with Crippen molar-refractivity contribution in [1.82, 2.24) is 29.5 Å². The molecular weight excluding hydrogens is 468 g/mol. The number of hydrogen-bond acceptors (Lipinski definition) is 9. The summed E-state index contributed by atoms with van der Waals surface area (Å²) in [6.07, 6.45) is 2.23. The Morgan fingerprint density at radius 2 is 1.88 bits per heavy atom. The van der Waals surface area contributed by atoms with Gasteiger partial charge in [0.05, 0.1) is 24.2 Å². The van der Waals surface area contributed by atoms with Crippen molar-refractivity contribution in [2.75, 3.05) is 48.0 Å². The third kappa shape index (κ3) is 5.39. The number of rotatable bonds is 7. The first-order valence-corrected chi connectivity index (χ1v) is 12.4. The number of nitrogens with one attached hydrogen (secondary N) is 3. The molecule has 1 atom stereocenters. The number of anilines is 4. The van der Waals surface area contributed by atoms with Gasteiger partial charge in [-0.2, -0.15) is 23.8 Å². The Hall–Kier alpha value is -3.39. The van der Waals surface area contributed by atoms with Crippen LogP contribution in [0.3, 0.4) is 0 Å². The first-order chi connectivity index (χ1) is 16.1. The summed E-state index contributed by atoms with van der Waals surface area (Å²) in [5, 5.41) is 12.8. The maximum atomic E-state index is 15.6. The van der Waals surface area contributed by atoms with Crippen molar-refractivity contribution in [2.45, 2.75) is 19.9 Å².